The molecule has 0 saturated heterocycles. The summed E-state index contributed by atoms with van der Waals surface area (Å²) in [4.78, 5) is 12.0. The monoisotopic (exact) mass is 328 g/mol. The van der Waals surface area contributed by atoms with Crippen LogP contribution in [0.3, 0.4) is 0 Å². The fourth-order valence-electron chi connectivity index (χ4n) is 2.86. The minimum atomic E-state index is 0.0856. The highest BCUT2D eigenvalue weighted by Gasteiger charge is 2.23. The lowest BCUT2D eigenvalue weighted by molar-refractivity contribution is -0.122. The standard InChI is InChI=1S/C16H22Cl2N2O/c17-13-6-5-11(14(18)10-13)7-8-20-16(21)9-12-3-1-2-4-15(12)19/h5-6,10,12,15H,1-4,7-9,19H2,(H,20,21). The minimum Gasteiger partial charge on any atom is -0.356 e. The number of benzene rings is 1. The molecule has 5 heteroatoms. The van der Waals surface area contributed by atoms with Crippen LogP contribution in [0.1, 0.15) is 37.7 Å². The third-order valence-electron chi connectivity index (χ3n) is 4.15. The predicted octanol–water partition coefficient (Wildman–Crippen LogP) is 3.56. The molecule has 0 radical (unpaired) electrons. The number of carbonyl (C=O) groups is 1. The van der Waals surface area contributed by atoms with Gasteiger partial charge in [0.05, 0.1) is 0 Å². The number of nitrogens with two attached hydrogens (primary N) is 1. The number of amides is 1. The van der Waals surface area contributed by atoms with E-state index in [1.807, 2.05) is 12.1 Å². The topological polar surface area (TPSA) is 55.1 Å². The minimum absolute atomic E-state index is 0.0856. The Morgan fingerprint density at radius 2 is 2.05 bits per heavy atom. The molecule has 1 aliphatic carbocycles. The molecule has 1 amide bonds. The van der Waals surface area contributed by atoms with Crippen molar-refractivity contribution in [2.75, 3.05) is 6.54 Å². The van der Waals surface area contributed by atoms with Crippen LogP contribution in [0.25, 0.3) is 0 Å². The normalized spacial score (nSPS) is 22.0. The number of rotatable bonds is 5. The van der Waals surface area contributed by atoms with Crippen LogP contribution in [-0.4, -0.2) is 18.5 Å². The van der Waals surface area contributed by atoms with Gasteiger partial charge in [0.15, 0.2) is 0 Å². The summed E-state index contributed by atoms with van der Waals surface area (Å²) in [5.41, 5.74) is 7.07. The summed E-state index contributed by atoms with van der Waals surface area (Å²) >= 11 is 12.0. The molecule has 116 valence electrons. The maximum Gasteiger partial charge on any atom is 0.220 e. The molecule has 21 heavy (non-hydrogen) atoms. The molecule has 0 bridgehead atoms. The predicted molar refractivity (Wildman–Crippen MR) is 87.7 cm³/mol. The molecule has 3 N–H and O–H groups in total. The Morgan fingerprint density at radius 1 is 1.29 bits per heavy atom. The van der Waals surface area contributed by atoms with Crippen LogP contribution in [0.2, 0.25) is 10.0 Å². The largest absolute Gasteiger partial charge is 0.356 e. The van der Waals surface area contributed by atoms with Crippen molar-refractivity contribution in [1.29, 1.82) is 0 Å². The first-order valence-electron chi connectivity index (χ1n) is 7.52. The van der Waals surface area contributed by atoms with Gasteiger partial charge in [0.25, 0.3) is 0 Å². The van der Waals surface area contributed by atoms with Crippen molar-refractivity contribution in [3.63, 3.8) is 0 Å². The zero-order chi connectivity index (χ0) is 15.2. The zero-order valence-electron chi connectivity index (χ0n) is 12.1. The zero-order valence-corrected chi connectivity index (χ0v) is 13.6. The van der Waals surface area contributed by atoms with Gasteiger partial charge >= 0.3 is 0 Å². The third kappa shape index (κ3) is 5.17. The van der Waals surface area contributed by atoms with Crippen LogP contribution in [0.5, 0.6) is 0 Å². The number of nitrogens with one attached hydrogen (secondary N) is 1. The van der Waals surface area contributed by atoms with E-state index in [1.165, 1.54) is 12.8 Å². The Balaban J connectivity index is 1.73. The molecule has 0 aliphatic heterocycles. The van der Waals surface area contributed by atoms with Crippen LogP contribution < -0.4 is 11.1 Å². The summed E-state index contributed by atoms with van der Waals surface area (Å²) < 4.78 is 0. The van der Waals surface area contributed by atoms with Gasteiger partial charge in [0, 0.05) is 29.1 Å². The van der Waals surface area contributed by atoms with Gasteiger partial charge in [-0.15, -0.1) is 0 Å². The van der Waals surface area contributed by atoms with E-state index < -0.39 is 0 Å². The molecule has 2 atom stereocenters. The van der Waals surface area contributed by atoms with Crippen LogP contribution in [-0.2, 0) is 11.2 Å². The number of hydrogen-bond donors (Lipinski definition) is 2. The Bertz CT molecular complexity index is 493. The van der Waals surface area contributed by atoms with Gasteiger partial charge in [-0.1, -0.05) is 42.1 Å². The summed E-state index contributed by atoms with van der Waals surface area (Å²) in [7, 11) is 0. The van der Waals surface area contributed by atoms with Gasteiger partial charge < -0.3 is 11.1 Å². The second kappa shape index (κ2) is 8.02. The molecule has 1 aliphatic rings. The number of carbonyl (C=O) groups excluding carboxylic acids is 1. The van der Waals surface area contributed by atoms with Crippen molar-refractivity contribution in [2.24, 2.45) is 11.7 Å². The van der Waals surface area contributed by atoms with Crippen LogP contribution in [0, 0.1) is 5.92 Å². The van der Waals surface area contributed by atoms with E-state index in [4.69, 9.17) is 28.9 Å². The number of halogens is 2. The molecular formula is C16H22Cl2N2O. The summed E-state index contributed by atoms with van der Waals surface area (Å²) in [6.45, 7) is 0.585. The van der Waals surface area contributed by atoms with E-state index in [0.29, 0.717) is 35.3 Å². The van der Waals surface area contributed by atoms with Crippen molar-refractivity contribution in [2.45, 2.75) is 44.6 Å². The lowest BCUT2D eigenvalue weighted by Crippen LogP contribution is -2.37. The molecular weight excluding hydrogens is 307 g/mol. The smallest absolute Gasteiger partial charge is 0.220 e. The molecule has 1 aromatic carbocycles. The van der Waals surface area contributed by atoms with E-state index >= 15 is 0 Å². The molecule has 2 rings (SSSR count). The first-order valence-corrected chi connectivity index (χ1v) is 8.28. The highest BCUT2D eigenvalue weighted by Crippen LogP contribution is 2.25. The van der Waals surface area contributed by atoms with Crippen LogP contribution in [0.4, 0.5) is 0 Å². The fraction of sp³-hybridized carbons (Fsp3) is 0.562. The first-order chi connectivity index (χ1) is 10.1. The summed E-state index contributed by atoms with van der Waals surface area (Å²) in [5, 5.41) is 4.22. The van der Waals surface area contributed by atoms with Crippen LogP contribution >= 0.6 is 23.2 Å². The van der Waals surface area contributed by atoms with Crippen molar-refractivity contribution < 1.29 is 4.79 Å². The van der Waals surface area contributed by atoms with E-state index in [9.17, 15) is 4.79 Å². The lowest BCUT2D eigenvalue weighted by atomic mass is 9.83. The van der Waals surface area contributed by atoms with Crippen molar-refractivity contribution in [3.05, 3.63) is 33.8 Å². The maximum atomic E-state index is 12.0. The van der Waals surface area contributed by atoms with Gasteiger partial charge in [-0.2, -0.15) is 0 Å². The van der Waals surface area contributed by atoms with E-state index in [2.05, 4.69) is 5.32 Å². The highest BCUT2D eigenvalue weighted by atomic mass is 35.5. The molecule has 0 spiro atoms. The van der Waals surface area contributed by atoms with Gasteiger partial charge in [0.1, 0.15) is 0 Å². The Labute approximate surface area is 136 Å². The summed E-state index contributed by atoms with van der Waals surface area (Å²) in [6, 6.07) is 5.61. The van der Waals surface area contributed by atoms with Crippen molar-refractivity contribution >= 4 is 29.1 Å². The molecule has 1 fully saturated rings. The quantitative estimate of drug-likeness (QED) is 0.868. The average Bonchev–Trinajstić information content (AvgIpc) is 2.44. The SMILES string of the molecule is NC1CCCCC1CC(=O)NCCc1ccc(Cl)cc1Cl. The fourth-order valence-corrected chi connectivity index (χ4v) is 3.36. The summed E-state index contributed by atoms with van der Waals surface area (Å²) in [6.07, 6.45) is 5.73. The number of hydrogen-bond acceptors (Lipinski definition) is 2. The first kappa shape index (κ1) is 16.6. The molecule has 0 heterocycles. The molecule has 2 unspecified atom stereocenters. The van der Waals surface area contributed by atoms with E-state index in [0.717, 1.165) is 18.4 Å². The molecule has 1 aromatic rings. The second-order valence-electron chi connectivity index (χ2n) is 5.75. The van der Waals surface area contributed by atoms with Gasteiger partial charge in [-0.05, 0) is 42.9 Å². The van der Waals surface area contributed by atoms with Crippen molar-refractivity contribution in [1.82, 2.24) is 5.32 Å². The maximum absolute atomic E-state index is 12.0. The average molecular weight is 329 g/mol. The third-order valence-corrected chi connectivity index (χ3v) is 4.73. The molecule has 3 nitrogen and oxygen atoms in total. The Hall–Kier alpha value is -0.770. The Kier molecular flexibility index (Phi) is 6.34. The van der Waals surface area contributed by atoms with Gasteiger partial charge in [0.2, 0.25) is 5.91 Å². The van der Waals surface area contributed by atoms with Gasteiger partial charge in [-0.25, -0.2) is 0 Å². The van der Waals surface area contributed by atoms with E-state index in [1.54, 1.807) is 6.07 Å². The lowest BCUT2D eigenvalue weighted by Gasteiger charge is -2.27. The van der Waals surface area contributed by atoms with Crippen molar-refractivity contribution in [3.8, 4) is 0 Å². The van der Waals surface area contributed by atoms with Crippen LogP contribution in [0.15, 0.2) is 18.2 Å². The van der Waals surface area contributed by atoms with E-state index in [-0.39, 0.29) is 11.9 Å². The summed E-state index contributed by atoms with van der Waals surface area (Å²) in [5.74, 6) is 0.417. The molecule has 1 saturated carbocycles. The Morgan fingerprint density at radius 3 is 2.76 bits per heavy atom. The second-order valence-corrected chi connectivity index (χ2v) is 6.59. The highest BCUT2D eigenvalue weighted by molar-refractivity contribution is 6.35. The van der Waals surface area contributed by atoms with Gasteiger partial charge in [-0.3, -0.25) is 4.79 Å². The molecule has 0 aromatic heterocycles.